The number of rotatable bonds is 4. The highest BCUT2D eigenvalue weighted by Gasteiger charge is 2.40. The van der Waals surface area contributed by atoms with Crippen LogP contribution in [-0.4, -0.2) is 48.3 Å². The predicted octanol–water partition coefficient (Wildman–Crippen LogP) is 2.73. The molecule has 1 saturated carbocycles. The monoisotopic (exact) mass is 392 g/mol. The minimum Gasteiger partial charge on any atom is -0.358 e. The molecule has 5 atom stereocenters. The number of hydrogen-bond acceptors (Lipinski definition) is 5. The van der Waals surface area contributed by atoms with Crippen molar-refractivity contribution in [1.29, 1.82) is 0 Å². The number of benzene rings is 1. The molecule has 2 bridgehead atoms. The quantitative estimate of drug-likeness (QED) is 0.826. The summed E-state index contributed by atoms with van der Waals surface area (Å²) < 4.78 is 19.7. The third-order valence-corrected chi connectivity index (χ3v) is 6.78. The minimum atomic E-state index is -0.572. The first-order valence-corrected chi connectivity index (χ1v) is 10.4. The molecule has 5 unspecified atom stereocenters. The van der Waals surface area contributed by atoms with Crippen LogP contribution in [0.2, 0.25) is 0 Å². The van der Waals surface area contributed by atoms with E-state index in [0.717, 1.165) is 32.2 Å². The number of urea groups is 1. The summed E-state index contributed by atoms with van der Waals surface area (Å²) in [6.07, 6.45) is 4.20. The normalized spacial score (nSPS) is 32.9. The molecule has 1 aromatic rings. The number of primary amides is 1. The number of thioether (sulfide) groups is 1. The Kier molecular flexibility index (Phi) is 5.66. The Hall–Kier alpha value is -1.64. The van der Waals surface area contributed by atoms with Crippen molar-refractivity contribution >= 4 is 29.0 Å². The molecule has 2 amide bonds. The average molecular weight is 393 g/mol. The fourth-order valence-corrected chi connectivity index (χ4v) is 5.34. The van der Waals surface area contributed by atoms with Crippen LogP contribution in [0.1, 0.15) is 25.7 Å². The van der Waals surface area contributed by atoms with E-state index >= 15 is 0 Å². The van der Waals surface area contributed by atoms with Crippen LogP contribution in [0.15, 0.2) is 29.3 Å². The van der Waals surface area contributed by atoms with E-state index in [1.54, 1.807) is 23.9 Å². The zero-order valence-electron chi connectivity index (χ0n) is 15.1. The lowest BCUT2D eigenvalue weighted by atomic mass is 9.92. The largest absolute Gasteiger partial charge is 0.358 e. The molecule has 1 saturated heterocycles. The van der Waals surface area contributed by atoms with Crippen LogP contribution in [-0.2, 0) is 4.74 Å². The second-order valence-corrected chi connectivity index (χ2v) is 8.52. The molecule has 2 aliphatic heterocycles. The van der Waals surface area contributed by atoms with E-state index < -0.39 is 6.03 Å². The first kappa shape index (κ1) is 18.7. The molecule has 0 spiro atoms. The molecule has 1 aromatic carbocycles. The van der Waals surface area contributed by atoms with E-state index in [1.165, 1.54) is 17.0 Å². The van der Waals surface area contributed by atoms with Gasteiger partial charge in [0, 0.05) is 22.9 Å². The first-order valence-electron chi connectivity index (χ1n) is 9.48. The van der Waals surface area contributed by atoms with Gasteiger partial charge in [-0.2, -0.15) is 0 Å². The van der Waals surface area contributed by atoms with E-state index in [-0.39, 0.29) is 18.1 Å². The third-order valence-electron chi connectivity index (χ3n) is 5.66. The van der Waals surface area contributed by atoms with Crippen LogP contribution in [0.3, 0.4) is 0 Å². The van der Waals surface area contributed by atoms with E-state index in [1.807, 2.05) is 5.55 Å². The number of nitrogens with two attached hydrogens (primary N) is 1. The molecule has 146 valence electrons. The van der Waals surface area contributed by atoms with Crippen LogP contribution < -0.4 is 16.0 Å². The van der Waals surface area contributed by atoms with Crippen LogP contribution >= 0.6 is 11.8 Å². The highest BCUT2D eigenvalue weighted by atomic mass is 32.2. The van der Waals surface area contributed by atoms with Crippen LogP contribution in [0, 0.1) is 11.7 Å². The molecule has 2 heterocycles. The van der Waals surface area contributed by atoms with Crippen molar-refractivity contribution in [1.82, 2.24) is 5.32 Å². The van der Waals surface area contributed by atoms with Crippen molar-refractivity contribution in [2.75, 3.05) is 18.0 Å². The van der Waals surface area contributed by atoms with Crippen LogP contribution in [0.25, 0.3) is 0 Å². The molecule has 8 heteroatoms. The maximum absolute atomic E-state index is 13.2. The van der Waals surface area contributed by atoms with Crippen molar-refractivity contribution in [3.63, 3.8) is 0 Å². The lowest BCUT2D eigenvalue weighted by Crippen LogP contribution is -2.50. The fourth-order valence-electron chi connectivity index (χ4n) is 4.36. The van der Waals surface area contributed by atoms with Gasteiger partial charge in [0.15, 0.2) is 0 Å². The molecular formula is C19H25FN4O2S. The molecule has 6 nitrogen and oxygen atoms in total. The van der Waals surface area contributed by atoms with Crippen molar-refractivity contribution < 1.29 is 13.9 Å². The Labute approximate surface area is 162 Å². The summed E-state index contributed by atoms with van der Waals surface area (Å²) in [6.45, 7) is 1.16. The van der Waals surface area contributed by atoms with E-state index in [2.05, 4.69) is 10.3 Å². The van der Waals surface area contributed by atoms with Crippen LogP contribution in [0.4, 0.5) is 14.9 Å². The smallest absolute Gasteiger partial charge is 0.319 e. The number of anilines is 1. The fraction of sp³-hybridized carbons (Fsp3) is 0.579. The third kappa shape index (κ3) is 4.28. The average Bonchev–Trinajstić information content (AvgIpc) is 3.02. The van der Waals surface area contributed by atoms with E-state index in [9.17, 15) is 9.18 Å². The van der Waals surface area contributed by atoms with E-state index in [4.69, 9.17) is 10.5 Å². The minimum absolute atomic E-state index is 0.150. The number of carbonyl (C=O) groups excluding carboxylic acids is 1. The molecule has 3 aliphatic rings. The molecular weight excluding hydrogens is 367 g/mol. The second-order valence-electron chi connectivity index (χ2n) is 7.43. The Bertz CT molecular complexity index is 693. The summed E-state index contributed by atoms with van der Waals surface area (Å²) >= 11 is 1.81. The van der Waals surface area contributed by atoms with E-state index in [0.29, 0.717) is 29.4 Å². The van der Waals surface area contributed by atoms with Gasteiger partial charge in [0.25, 0.3) is 0 Å². The summed E-state index contributed by atoms with van der Waals surface area (Å²) in [5.41, 5.74) is 8.12. The predicted molar refractivity (Wildman–Crippen MR) is 106 cm³/mol. The first-order chi connectivity index (χ1) is 13.1. The van der Waals surface area contributed by atoms with Gasteiger partial charge in [-0.15, -0.1) is 11.8 Å². The maximum atomic E-state index is 13.2. The van der Waals surface area contributed by atoms with Crippen LogP contribution in [0.5, 0.6) is 0 Å². The van der Waals surface area contributed by atoms with Gasteiger partial charge in [-0.1, -0.05) is 0 Å². The maximum Gasteiger partial charge on any atom is 0.319 e. The van der Waals surface area contributed by atoms with Gasteiger partial charge in [0.1, 0.15) is 12.0 Å². The summed E-state index contributed by atoms with van der Waals surface area (Å²) in [6, 6.07) is 5.57. The highest BCUT2D eigenvalue weighted by Crippen LogP contribution is 2.38. The van der Waals surface area contributed by atoms with Gasteiger partial charge < -0.3 is 10.5 Å². The highest BCUT2D eigenvalue weighted by molar-refractivity contribution is 8.12. The summed E-state index contributed by atoms with van der Waals surface area (Å²) in [5.74, 6) is 0.107. The Balaban J connectivity index is 1.50. The molecule has 0 aromatic heterocycles. The van der Waals surface area contributed by atoms with Gasteiger partial charge in [0.05, 0.1) is 24.7 Å². The summed E-state index contributed by atoms with van der Waals surface area (Å²) in [4.78, 5) is 17.8. The van der Waals surface area contributed by atoms with Gasteiger partial charge in [-0.25, -0.2) is 9.18 Å². The summed E-state index contributed by atoms with van der Waals surface area (Å²) in [5, 5.41) is 4.04. The Morgan fingerprint density at radius 3 is 2.89 bits per heavy atom. The number of amides is 2. The Morgan fingerprint density at radius 1 is 1.37 bits per heavy atom. The molecule has 0 radical (unpaired) electrons. The zero-order chi connectivity index (χ0) is 18.8. The molecule has 2 fully saturated rings. The van der Waals surface area contributed by atoms with Crippen molar-refractivity contribution in [3.8, 4) is 0 Å². The number of nitrogens with zero attached hydrogens (tertiary/aromatic N) is 2. The van der Waals surface area contributed by atoms with Crippen molar-refractivity contribution in [2.24, 2.45) is 16.6 Å². The molecule has 1 aliphatic carbocycles. The second kappa shape index (κ2) is 8.16. The lowest BCUT2D eigenvalue weighted by molar-refractivity contribution is -0.0470. The number of halogens is 1. The van der Waals surface area contributed by atoms with Gasteiger partial charge >= 0.3 is 6.03 Å². The topological polar surface area (TPSA) is 80.0 Å². The number of hydrogen-bond donors (Lipinski definition) is 2. The Morgan fingerprint density at radius 2 is 2.19 bits per heavy atom. The zero-order valence-corrected chi connectivity index (χ0v) is 15.9. The van der Waals surface area contributed by atoms with Gasteiger partial charge in [0.2, 0.25) is 0 Å². The van der Waals surface area contributed by atoms with Crippen molar-refractivity contribution in [3.05, 3.63) is 30.1 Å². The number of aliphatic imine (C=N–C) groups is 1. The molecule has 27 heavy (non-hydrogen) atoms. The molecule has 3 N–H and O–H groups in total. The number of carbonyl (C=O) groups is 1. The van der Waals surface area contributed by atoms with Gasteiger partial charge in [-0.3, -0.25) is 15.2 Å². The van der Waals surface area contributed by atoms with Crippen molar-refractivity contribution in [2.45, 2.75) is 49.3 Å². The standard InChI is InChI=1S/C19H25FN4O2S/c20-12-4-6-14(7-5-12)24(19(21)25)10-18-23-13-2-1-3-16(26-18)15(8-13)17-9-22-11-27-17/h4-7,11,13,15-18,23H,1-3,8-10H2,(H2,21,25). The SMILES string of the molecule is NC(=O)N(CC1NC2CCCC(O1)C(C1CN=CS1)C2)c1ccc(F)cc1. The summed E-state index contributed by atoms with van der Waals surface area (Å²) in [7, 11) is 0. The van der Waals surface area contributed by atoms with Gasteiger partial charge in [-0.05, 0) is 49.9 Å². The number of fused-ring (bicyclic) bond motifs is 3. The number of ether oxygens (including phenoxy) is 1. The molecule has 4 rings (SSSR count). The lowest BCUT2D eigenvalue weighted by Gasteiger charge is -2.32. The number of nitrogens with one attached hydrogen (secondary N) is 1.